The van der Waals surface area contributed by atoms with Crippen LogP contribution in [0, 0.1) is 5.92 Å². The van der Waals surface area contributed by atoms with Crippen molar-refractivity contribution in [3.05, 3.63) is 42.1 Å². The van der Waals surface area contributed by atoms with Crippen LogP contribution in [-0.2, 0) is 0 Å². The summed E-state index contributed by atoms with van der Waals surface area (Å²) in [5.41, 5.74) is 2.47. The van der Waals surface area contributed by atoms with Crippen LogP contribution in [-0.4, -0.2) is 47.7 Å². The molecule has 1 aliphatic heterocycles. The van der Waals surface area contributed by atoms with Crippen molar-refractivity contribution in [2.75, 3.05) is 26.7 Å². The number of aromatic nitrogens is 2. The average molecular weight is 335 g/mol. The molecule has 1 amide bonds. The number of carbonyl (C=O) groups excluding carboxylic acids is 1. The van der Waals surface area contributed by atoms with Crippen molar-refractivity contribution in [1.29, 1.82) is 0 Å². The van der Waals surface area contributed by atoms with Gasteiger partial charge in [-0.2, -0.15) is 5.10 Å². The van der Waals surface area contributed by atoms with Gasteiger partial charge in [-0.1, -0.05) is 30.3 Å². The third-order valence-corrected chi connectivity index (χ3v) is 4.33. The Morgan fingerprint density at radius 3 is 2.65 bits per heavy atom. The Labute approximate surface area is 142 Å². The predicted molar refractivity (Wildman–Crippen MR) is 93.8 cm³/mol. The summed E-state index contributed by atoms with van der Waals surface area (Å²) >= 11 is 0. The fourth-order valence-corrected chi connectivity index (χ4v) is 3.07. The lowest BCUT2D eigenvalue weighted by atomic mass is 9.96. The summed E-state index contributed by atoms with van der Waals surface area (Å²) in [5, 5.41) is 10.3. The Morgan fingerprint density at radius 2 is 2.00 bits per heavy atom. The smallest absolute Gasteiger partial charge is 0.257 e. The maximum atomic E-state index is 12.8. The van der Waals surface area contributed by atoms with E-state index in [4.69, 9.17) is 0 Å². The van der Waals surface area contributed by atoms with Gasteiger partial charge in [-0.25, -0.2) is 0 Å². The lowest BCUT2D eigenvalue weighted by molar-refractivity contribution is 0.0692. The molecular formula is C17H23ClN4O. The van der Waals surface area contributed by atoms with Gasteiger partial charge < -0.3 is 10.2 Å². The second-order valence-corrected chi connectivity index (χ2v) is 5.82. The Morgan fingerprint density at radius 1 is 1.30 bits per heavy atom. The summed E-state index contributed by atoms with van der Waals surface area (Å²) < 4.78 is 0. The Kier molecular flexibility index (Phi) is 6.19. The van der Waals surface area contributed by atoms with Crippen molar-refractivity contribution in [2.45, 2.75) is 12.8 Å². The van der Waals surface area contributed by atoms with Gasteiger partial charge in [0, 0.05) is 18.7 Å². The zero-order valence-corrected chi connectivity index (χ0v) is 14.1. The van der Waals surface area contributed by atoms with Gasteiger partial charge in [0.15, 0.2) is 0 Å². The molecule has 0 aliphatic carbocycles. The third kappa shape index (κ3) is 3.92. The van der Waals surface area contributed by atoms with E-state index in [0.717, 1.165) is 43.7 Å². The first-order chi connectivity index (χ1) is 10.8. The third-order valence-electron chi connectivity index (χ3n) is 4.33. The molecule has 1 aromatic heterocycles. The number of H-pyrrole nitrogens is 1. The van der Waals surface area contributed by atoms with E-state index in [2.05, 4.69) is 15.5 Å². The van der Waals surface area contributed by atoms with E-state index in [1.807, 2.05) is 42.3 Å². The van der Waals surface area contributed by atoms with Crippen LogP contribution in [0.5, 0.6) is 0 Å². The molecule has 124 valence electrons. The Bertz CT molecular complexity index is 621. The number of piperidine rings is 1. The molecule has 0 spiro atoms. The molecule has 1 aliphatic rings. The molecular weight excluding hydrogens is 312 g/mol. The molecule has 1 aromatic carbocycles. The van der Waals surface area contributed by atoms with Gasteiger partial charge in [0.05, 0.1) is 17.5 Å². The monoisotopic (exact) mass is 334 g/mol. The number of hydrogen-bond acceptors (Lipinski definition) is 3. The molecule has 5 nitrogen and oxygen atoms in total. The molecule has 1 fully saturated rings. The minimum atomic E-state index is 0. The van der Waals surface area contributed by atoms with Crippen LogP contribution in [0.1, 0.15) is 23.2 Å². The highest BCUT2D eigenvalue weighted by Crippen LogP contribution is 2.24. The number of hydrogen-bond donors (Lipinski definition) is 2. The van der Waals surface area contributed by atoms with E-state index in [9.17, 15) is 4.79 Å². The van der Waals surface area contributed by atoms with Gasteiger partial charge >= 0.3 is 0 Å². The summed E-state index contributed by atoms with van der Waals surface area (Å²) in [6.07, 6.45) is 3.76. The number of likely N-dealkylation sites (tertiary alicyclic amines) is 1. The van der Waals surface area contributed by atoms with Crippen LogP contribution in [0.4, 0.5) is 0 Å². The number of carbonyl (C=O) groups is 1. The highest BCUT2D eigenvalue weighted by atomic mass is 35.5. The summed E-state index contributed by atoms with van der Waals surface area (Å²) in [6.45, 7) is 2.68. The highest BCUT2D eigenvalue weighted by Gasteiger charge is 2.25. The zero-order chi connectivity index (χ0) is 15.4. The molecule has 23 heavy (non-hydrogen) atoms. The quantitative estimate of drug-likeness (QED) is 0.903. The second kappa shape index (κ2) is 8.13. The maximum absolute atomic E-state index is 12.8. The predicted octanol–water partition coefficient (Wildman–Crippen LogP) is 2.57. The molecule has 0 radical (unpaired) electrons. The minimum Gasteiger partial charge on any atom is -0.339 e. The number of amides is 1. The molecule has 0 atom stereocenters. The summed E-state index contributed by atoms with van der Waals surface area (Å²) in [6, 6.07) is 9.88. The van der Waals surface area contributed by atoms with Crippen molar-refractivity contribution in [2.24, 2.45) is 5.92 Å². The lowest BCUT2D eigenvalue weighted by Crippen LogP contribution is -2.40. The van der Waals surface area contributed by atoms with Gasteiger partial charge in [0.2, 0.25) is 0 Å². The maximum Gasteiger partial charge on any atom is 0.257 e. The fourth-order valence-electron chi connectivity index (χ4n) is 3.07. The number of benzene rings is 1. The van der Waals surface area contributed by atoms with Crippen molar-refractivity contribution >= 4 is 18.3 Å². The highest BCUT2D eigenvalue weighted by molar-refractivity contribution is 5.99. The van der Waals surface area contributed by atoms with E-state index in [0.29, 0.717) is 11.5 Å². The van der Waals surface area contributed by atoms with Crippen LogP contribution < -0.4 is 5.32 Å². The van der Waals surface area contributed by atoms with Gasteiger partial charge in [-0.05, 0) is 32.4 Å². The van der Waals surface area contributed by atoms with E-state index < -0.39 is 0 Å². The second-order valence-electron chi connectivity index (χ2n) is 5.82. The molecule has 1 saturated heterocycles. The van der Waals surface area contributed by atoms with Gasteiger partial charge in [0.25, 0.3) is 5.91 Å². The SMILES string of the molecule is CNCC1CCN(C(=O)c2cn[nH]c2-c2ccccc2)CC1.Cl. The van der Waals surface area contributed by atoms with Crippen LogP contribution in [0.2, 0.25) is 0 Å². The first-order valence-electron chi connectivity index (χ1n) is 7.82. The van der Waals surface area contributed by atoms with E-state index in [1.54, 1.807) is 6.20 Å². The normalized spacial score (nSPS) is 15.3. The summed E-state index contributed by atoms with van der Waals surface area (Å²) in [4.78, 5) is 14.7. The van der Waals surface area contributed by atoms with Crippen LogP contribution in [0.3, 0.4) is 0 Å². The van der Waals surface area contributed by atoms with Crippen LogP contribution in [0.25, 0.3) is 11.3 Å². The Balaban J connectivity index is 0.00000192. The van der Waals surface area contributed by atoms with Crippen molar-refractivity contribution in [3.8, 4) is 11.3 Å². The van der Waals surface area contributed by atoms with Gasteiger partial charge in [-0.3, -0.25) is 9.89 Å². The van der Waals surface area contributed by atoms with Crippen molar-refractivity contribution in [3.63, 3.8) is 0 Å². The Hall–Kier alpha value is -1.85. The number of nitrogens with one attached hydrogen (secondary N) is 2. The van der Waals surface area contributed by atoms with E-state index in [-0.39, 0.29) is 18.3 Å². The molecule has 6 heteroatoms. The van der Waals surface area contributed by atoms with Crippen molar-refractivity contribution in [1.82, 2.24) is 20.4 Å². The van der Waals surface area contributed by atoms with E-state index in [1.165, 1.54) is 0 Å². The summed E-state index contributed by atoms with van der Waals surface area (Å²) in [5.74, 6) is 0.752. The van der Waals surface area contributed by atoms with Crippen molar-refractivity contribution < 1.29 is 4.79 Å². The van der Waals surface area contributed by atoms with E-state index >= 15 is 0 Å². The first kappa shape index (κ1) is 17.5. The summed E-state index contributed by atoms with van der Waals surface area (Å²) in [7, 11) is 1.98. The molecule has 0 bridgehead atoms. The molecule has 2 heterocycles. The number of aromatic amines is 1. The standard InChI is InChI=1S/C17H22N4O.ClH/c1-18-11-13-7-9-21(10-8-13)17(22)15-12-19-20-16(15)14-5-3-2-4-6-14;/h2-6,12-13,18H,7-11H2,1H3,(H,19,20);1H. The first-order valence-corrected chi connectivity index (χ1v) is 7.82. The van der Waals surface area contributed by atoms with Gasteiger partial charge in [0.1, 0.15) is 0 Å². The minimum absolute atomic E-state index is 0. The lowest BCUT2D eigenvalue weighted by Gasteiger charge is -2.31. The molecule has 0 saturated carbocycles. The zero-order valence-electron chi connectivity index (χ0n) is 13.3. The molecule has 2 N–H and O–H groups in total. The molecule has 2 aromatic rings. The number of halogens is 1. The van der Waals surface area contributed by atoms with Crippen LogP contribution >= 0.6 is 12.4 Å². The number of rotatable bonds is 4. The molecule has 3 rings (SSSR count). The largest absolute Gasteiger partial charge is 0.339 e. The van der Waals surface area contributed by atoms with Gasteiger partial charge in [-0.15, -0.1) is 12.4 Å². The topological polar surface area (TPSA) is 61.0 Å². The molecule has 0 unspecified atom stereocenters. The average Bonchev–Trinajstić information content (AvgIpc) is 3.06. The van der Waals surface area contributed by atoms with Crippen LogP contribution in [0.15, 0.2) is 36.5 Å². The fraction of sp³-hybridized carbons (Fsp3) is 0.412. The number of nitrogens with zero attached hydrogens (tertiary/aromatic N) is 2.